The van der Waals surface area contributed by atoms with Gasteiger partial charge in [0.25, 0.3) is 5.91 Å². The lowest BCUT2D eigenvalue weighted by atomic mass is 9.87. The van der Waals surface area contributed by atoms with Crippen LogP contribution in [0.25, 0.3) is 10.9 Å². The molecule has 172 valence electrons. The predicted molar refractivity (Wildman–Crippen MR) is 123 cm³/mol. The number of hydrogen-bond acceptors (Lipinski definition) is 5. The Bertz CT molecular complexity index is 1270. The van der Waals surface area contributed by atoms with Crippen LogP contribution in [0.3, 0.4) is 0 Å². The highest BCUT2D eigenvalue weighted by Gasteiger charge is 2.58. The zero-order valence-electron chi connectivity index (χ0n) is 19.2. The van der Waals surface area contributed by atoms with Crippen LogP contribution in [0.1, 0.15) is 23.7 Å². The first-order chi connectivity index (χ1) is 15.9. The first-order valence-electron chi connectivity index (χ1n) is 11.0. The van der Waals surface area contributed by atoms with Gasteiger partial charge in [-0.25, -0.2) is 4.79 Å². The fourth-order valence-electron chi connectivity index (χ4n) is 5.09. The first-order valence-corrected chi connectivity index (χ1v) is 11.0. The van der Waals surface area contributed by atoms with Crippen LogP contribution in [0.4, 0.5) is 4.79 Å². The molecule has 3 aromatic rings. The van der Waals surface area contributed by atoms with Crippen molar-refractivity contribution in [2.24, 2.45) is 0 Å². The van der Waals surface area contributed by atoms with Crippen molar-refractivity contribution < 1.29 is 23.8 Å². The van der Waals surface area contributed by atoms with E-state index in [0.717, 1.165) is 33.5 Å². The van der Waals surface area contributed by atoms with Crippen LogP contribution in [0.15, 0.2) is 36.4 Å². The SMILES string of the molecule is COc1ccc2[nH]c3c(c2c1)CCN1C(=O)N(CCc2ccc(OC)c(OC)c2)C(=O)[C@@]31C. The minimum absolute atomic E-state index is 0.201. The van der Waals surface area contributed by atoms with Gasteiger partial charge in [0.1, 0.15) is 5.75 Å². The largest absolute Gasteiger partial charge is 0.497 e. The molecule has 1 saturated heterocycles. The third-order valence-corrected chi connectivity index (χ3v) is 6.92. The summed E-state index contributed by atoms with van der Waals surface area (Å²) in [5.74, 6) is 1.83. The summed E-state index contributed by atoms with van der Waals surface area (Å²) in [7, 11) is 4.81. The van der Waals surface area contributed by atoms with Crippen molar-refractivity contribution in [1.82, 2.24) is 14.8 Å². The summed E-state index contributed by atoms with van der Waals surface area (Å²) in [6.07, 6.45) is 1.21. The van der Waals surface area contributed by atoms with E-state index in [1.54, 1.807) is 26.2 Å². The number of amides is 3. The number of hydrogen-bond donors (Lipinski definition) is 1. The number of nitrogens with zero attached hydrogens (tertiary/aromatic N) is 2. The number of ether oxygens (including phenoxy) is 3. The third kappa shape index (κ3) is 3.04. The molecule has 0 saturated carbocycles. The van der Waals surface area contributed by atoms with E-state index >= 15 is 0 Å². The standard InChI is InChI=1S/C25H27N3O5/c1-25-22-17(18-14-16(31-2)6-7-19(18)26-22)10-12-28(25)24(30)27(23(25)29)11-9-15-5-8-20(32-3)21(13-15)33-4/h5-8,13-14,26H,9-12H2,1-4H3/t25-/m1/s1. The lowest BCUT2D eigenvalue weighted by Crippen LogP contribution is -2.49. The molecule has 2 aliphatic rings. The maximum atomic E-state index is 13.7. The van der Waals surface area contributed by atoms with Crippen LogP contribution in [0, 0.1) is 0 Å². The van der Waals surface area contributed by atoms with Crippen LogP contribution in [0.5, 0.6) is 17.2 Å². The number of nitrogens with one attached hydrogen (secondary N) is 1. The Morgan fingerprint density at radius 2 is 1.79 bits per heavy atom. The fraction of sp³-hybridized carbons (Fsp3) is 0.360. The van der Waals surface area contributed by atoms with E-state index in [1.165, 1.54) is 4.90 Å². The van der Waals surface area contributed by atoms with Crippen LogP contribution < -0.4 is 14.2 Å². The van der Waals surface area contributed by atoms with Crippen molar-refractivity contribution in [2.45, 2.75) is 25.3 Å². The first kappa shape index (κ1) is 21.2. The number of aromatic nitrogens is 1. The zero-order valence-corrected chi connectivity index (χ0v) is 19.2. The number of rotatable bonds is 6. The van der Waals surface area contributed by atoms with Crippen LogP contribution >= 0.6 is 0 Å². The monoisotopic (exact) mass is 449 g/mol. The molecule has 3 heterocycles. The molecule has 0 radical (unpaired) electrons. The Labute approximate surface area is 192 Å². The quantitative estimate of drug-likeness (QED) is 0.583. The van der Waals surface area contributed by atoms with Gasteiger partial charge in [0.05, 0.1) is 27.0 Å². The number of carbonyl (C=O) groups is 2. The average molecular weight is 450 g/mol. The van der Waals surface area contributed by atoms with E-state index in [2.05, 4.69) is 4.98 Å². The minimum Gasteiger partial charge on any atom is -0.497 e. The van der Waals surface area contributed by atoms with Crippen LogP contribution in [-0.2, 0) is 23.2 Å². The van der Waals surface area contributed by atoms with Crippen molar-refractivity contribution in [3.05, 3.63) is 53.2 Å². The second-order valence-corrected chi connectivity index (χ2v) is 8.54. The van der Waals surface area contributed by atoms with E-state index in [4.69, 9.17) is 14.2 Å². The smallest absolute Gasteiger partial charge is 0.328 e. The number of aromatic amines is 1. The normalized spacial score (nSPS) is 19.6. The van der Waals surface area contributed by atoms with Crippen LogP contribution in [-0.4, -0.2) is 61.1 Å². The lowest BCUT2D eigenvalue weighted by molar-refractivity contribution is -0.133. The number of benzene rings is 2. The maximum Gasteiger partial charge on any atom is 0.328 e. The van der Waals surface area contributed by atoms with Gasteiger partial charge in [0, 0.05) is 24.0 Å². The number of H-pyrrole nitrogens is 1. The highest BCUT2D eigenvalue weighted by molar-refractivity contribution is 6.08. The molecular formula is C25H27N3O5. The minimum atomic E-state index is -1.05. The van der Waals surface area contributed by atoms with Gasteiger partial charge in [-0.05, 0) is 61.2 Å². The van der Waals surface area contributed by atoms with E-state index in [1.807, 2.05) is 43.3 Å². The third-order valence-electron chi connectivity index (χ3n) is 6.92. The summed E-state index contributed by atoms with van der Waals surface area (Å²) >= 11 is 0. The summed E-state index contributed by atoms with van der Waals surface area (Å²) in [6.45, 7) is 2.63. The van der Waals surface area contributed by atoms with Crippen molar-refractivity contribution in [3.63, 3.8) is 0 Å². The van der Waals surface area contributed by atoms with Gasteiger partial charge < -0.3 is 24.1 Å². The van der Waals surface area contributed by atoms with Gasteiger partial charge in [-0.3, -0.25) is 9.69 Å². The molecule has 0 aliphatic carbocycles. The van der Waals surface area contributed by atoms with Gasteiger partial charge in [-0.2, -0.15) is 0 Å². The summed E-state index contributed by atoms with van der Waals surface area (Å²) in [5, 5.41) is 1.04. The molecule has 2 aromatic carbocycles. The number of methoxy groups -OCH3 is 3. The second-order valence-electron chi connectivity index (χ2n) is 8.54. The zero-order chi connectivity index (χ0) is 23.3. The van der Waals surface area contributed by atoms with Gasteiger partial charge in [0.15, 0.2) is 17.0 Å². The maximum absolute atomic E-state index is 13.7. The molecule has 1 N–H and O–H groups in total. The second kappa shape index (κ2) is 7.72. The Balaban J connectivity index is 1.45. The molecule has 0 spiro atoms. The van der Waals surface area contributed by atoms with Crippen molar-refractivity contribution in [3.8, 4) is 17.2 Å². The Kier molecular flexibility index (Phi) is 4.96. The van der Waals surface area contributed by atoms with Crippen molar-refractivity contribution in [2.75, 3.05) is 34.4 Å². The molecule has 2 aliphatic heterocycles. The molecule has 1 fully saturated rings. The topological polar surface area (TPSA) is 84.1 Å². The van der Waals surface area contributed by atoms with Gasteiger partial charge in [0.2, 0.25) is 0 Å². The Hall–Kier alpha value is -3.68. The molecule has 8 heteroatoms. The number of urea groups is 1. The molecule has 0 bridgehead atoms. The number of imide groups is 1. The van der Waals surface area contributed by atoms with E-state index in [9.17, 15) is 9.59 Å². The fourth-order valence-corrected chi connectivity index (χ4v) is 5.09. The Morgan fingerprint density at radius 1 is 1.00 bits per heavy atom. The molecule has 5 rings (SSSR count). The Morgan fingerprint density at radius 3 is 2.52 bits per heavy atom. The van der Waals surface area contributed by atoms with E-state index in [0.29, 0.717) is 37.4 Å². The predicted octanol–water partition coefficient (Wildman–Crippen LogP) is 3.47. The summed E-state index contributed by atoms with van der Waals surface area (Å²) in [6, 6.07) is 11.2. The van der Waals surface area contributed by atoms with Gasteiger partial charge >= 0.3 is 6.03 Å². The van der Waals surface area contributed by atoms with Crippen molar-refractivity contribution >= 4 is 22.8 Å². The molecule has 1 atom stereocenters. The molecular weight excluding hydrogens is 422 g/mol. The molecule has 3 amide bonds. The summed E-state index contributed by atoms with van der Waals surface area (Å²) in [4.78, 5) is 33.4. The lowest BCUT2D eigenvalue weighted by Gasteiger charge is -2.36. The summed E-state index contributed by atoms with van der Waals surface area (Å²) < 4.78 is 16.1. The highest BCUT2D eigenvalue weighted by atomic mass is 16.5. The molecule has 0 unspecified atom stereocenters. The molecule has 8 nitrogen and oxygen atoms in total. The van der Waals surface area contributed by atoms with Gasteiger partial charge in [-0.15, -0.1) is 0 Å². The highest BCUT2D eigenvalue weighted by Crippen LogP contribution is 2.44. The number of carbonyl (C=O) groups excluding carboxylic acids is 2. The van der Waals surface area contributed by atoms with Gasteiger partial charge in [-0.1, -0.05) is 6.07 Å². The van der Waals surface area contributed by atoms with Crippen LogP contribution in [0.2, 0.25) is 0 Å². The average Bonchev–Trinajstić information content (AvgIpc) is 3.30. The van der Waals surface area contributed by atoms with Crippen molar-refractivity contribution in [1.29, 1.82) is 0 Å². The number of fused-ring (bicyclic) bond motifs is 5. The van der Waals surface area contributed by atoms with E-state index in [-0.39, 0.29) is 11.9 Å². The molecule has 33 heavy (non-hydrogen) atoms. The molecule has 1 aromatic heterocycles. The van der Waals surface area contributed by atoms with E-state index < -0.39 is 5.54 Å². The summed E-state index contributed by atoms with van der Waals surface area (Å²) in [5.41, 5.74) is 2.72.